The number of hydrogen-bond donors (Lipinski definition) is 1. The van der Waals surface area contributed by atoms with E-state index < -0.39 is 17.2 Å². The van der Waals surface area contributed by atoms with Gasteiger partial charge in [-0.05, 0) is 61.7 Å². The number of nitrogens with zero attached hydrogens (tertiary/aromatic N) is 4. The molecule has 0 saturated carbocycles. The Hall–Kier alpha value is -3.91. The van der Waals surface area contributed by atoms with Gasteiger partial charge in [0.2, 0.25) is 0 Å². The molecule has 0 spiro atoms. The molecule has 1 atom stereocenters. The van der Waals surface area contributed by atoms with Crippen LogP contribution >= 0.6 is 0 Å². The monoisotopic (exact) mass is 529 g/mol. The quantitative estimate of drug-likeness (QED) is 0.415. The summed E-state index contributed by atoms with van der Waals surface area (Å²) < 4.78 is 27.5. The third kappa shape index (κ3) is 5.08. The molecule has 0 aliphatic carbocycles. The number of rotatable bonds is 8. The Labute approximate surface area is 228 Å². The number of aliphatic imine (C=N–C) groups is 1. The summed E-state index contributed by atoms with van der Waals surface area (Å²) in [7, 11) is 0. The summed E-state index contributed by atoms with van der Waals surface area (Å²) in [6, 6.07) is 19.8. The van der Waals surface area contributed by atoms with Gasteiger partial charge in [-0.2, -0.15) is 0 Å². The molecule has 1 unspecified atom stereocenters. The summed E-state index contributed by atoms with van der Waals surface area (Å²) in [6.45, 7) is 8.02. The fraction of sp³-hybridized carbons (Fsp3) is 0.323. The number of amides is 1. The van der Waals surface area contributed by atoms with Crippen LogP contribution in [0.15, 0.2) is 77.8 Å². The molecule has 2 aliphatic heterocycles. The van der Waals surface area contributed by atoms with E-state index in [9.17, 15) is 13.6 Å². The maximum absolute atomic E-state index is 14.0. The Bertz CT molecular complexity index is 1320. The molecule has 6 nitrogen and oxygen atoms in total. The lowest BCUT2D eigenvalue weighted by Gasteiger charge is -2.40. The van der Waals surface area contributed by atoms with E-state index in [4.69, 9.17) is 10.4 Å². The molecular formula is C31H33F2N5O. The molecule has 2 heterocycles. The van der Waals surface area contributed by atoms with Crippen molar-refractivity contribution >= 4 is 23.6 Å². The zero-order valence-corrected chi connectivity index (χ0v) is 22.3. The SMILES string of the molecule is CC1=NC(c2ccc(F)cc2)(c2ccc(F)cc2)C(=O)N1CCC(C)N1CCN(c2ccccc2C=N)CC1. The van der Waals surface area contributed by atoms with Crippen molar-refractivity contribution in [3.63, 3.8) is 0 Å². The van der Waals surface area contributed by atoms with Crippen molar-refractivity contribution in [2.45, 2.75) is 31.8 Å². The number of hydrogen-bond acceptors (Lipinski definition) is 5. The van der Waals surface area contributed by atoms with Crippen molar-refractivity contribution in [3.05, 3.63) is 101 Å². The number of halogens is 2. The van der Waals surface area contributed by atoms with Gasteiger partial charge in [0.15, 0.2) is 5.54 Å². The first kappa shape index (κ1) is 26.7. The fourth-order valence-electron chi connectivity index (χ4n) is 5.68. The maximum Gasteiger partial charge on any atom is 0.265 e. The Balaban J connectivity index is 1.28. The molecule has 202 valence electrons. The van der Waals surface area contributed by atoms with Crippen molar-refractivity contribution in [1.29, 1.82) is 5.41 Å². The van der Waals surface area contributed by atoms with Crippen molar-refractivity contribution in [2.24, 2.45) is 4.99 Å². The van der Waals surface area contributed by atoms with Crippen LogP contribution in [0, 0.1) is 17.0 Å². The minimum Gasteiger partial charge on any atom is -0.368 e. The van der Waals surface area contributed by atoms with E-state index in [2.05, 4.69) is 22.8 Å². The highest BCUT2D eigenvalue weighted by Crippen LogP contribution is 2.40. The Morgan fingerprint density at radius 2 is 1.49 bits per heavy atom. The van der Waals surface area contributed by atoms with E-state index in [0.717, 1.165) is 43.9 Å². The highest BCUT2D eigenvalue weighted by molar-refractivity contribution is 6.09. The lowest BCUT2D eigenvalue weighted by Crippen LogP contribution is -2.51. The van der Waals surface area contributed by atoms with Crippen molar-refractivity contribution in [3.8, 4) is 0 Å². The van der Waals surface area contributed by atoms with E-state index in [1.807, 2.05) is 25.1 Å². The summed E-state index contributed by atoms with van der Waals surface area (Å²) >= 11 is 0. The predicted octanol–water partition coefficient (Wildman–Crippen LogP) is 5.07. The molecule has 1 saturated heterocycles. The minimum absolute atomic E-state index is 0.210. The van der Waals surface area contributed by atoms with Crippen LogP contribution in [0.5, 0.6) is 0 Å². The number of amidine groups is 1. The third-order valence-electron chi connectivity index (χ3n) is 7.94. The lowest BCUT2D eigenvalue weighted by molar-refractivity contribution is -0.130. The van der Waals surface area contributed by atoms with E-state index in [1.165, 1.54) is 30.5 Å². The van der Waals surface area contributed by atoms with E-state index in [1.54, 1.807) is 29.2 Å². The van der Waals surface area contributed by atoms with Crippen LogP contribution in [0.1, 0.15) is 37.0 Å². The number of benzene rings is 3. The average molecular weight is 530 g/mol. The molecule has 0 bridgehead atoms. The second-order valence-corrected chi connectivity index (χ2v) is 10.2. The van der Waals surface area contributed by atoms with E-state index in [-0.39, 0.29) is 11.9 Å². The number of carbonyl (C=O) groups excluding carboxylic acids is 1. The van der Waals surface area contributed by atoms with Gasteiger partial charge in [-0.15, -0.1) is 0 Å². The van der Waals surface area contributed by atoms with Crippen molar-refractivity contribution < 1.29 is 13.6 Å². The van der Waals surface area contributed by atoms with Crippen LogP contribution in [0.3, 0.4) is 0 Å². The van der Waals surface area contributed by atoms with Crippen LogP contribution in [-0.4, -0.2) is 66.5 Å². The van der Waals surface area contributed by atoms with Crippen molar-refractivity contribution in [2.75, 3.05) is 37.6 Å². The summed E-state index contributed by atoms with van der Waals surface area (Å²) in [5.74, 6) is -0.412. The molecule has 0 aromatic heterocycles. The van der Waals surface area contributed by atoms with Gasteiger partial charge in [0.05, 0.1) is 0 Å². The van der Waals surface area contributed by atoms with Gasteiger partial charge in [-0.1, -0.05) is 42.5 Å². The van der Waals surface area contributed by atoms with Crippen LogP contribution < -0.4 is 4.90 Å². The normalized spacial score (nSPS) is 18.3. The van der Waals surface area contributed by atoms with Gasteiger partial charge in [-0.3, -0.25) is 14.6 Å². The molecule has 1 N–H and O–H groups in total. The summed E-state index contributed by atoms with van der Waals surface area (Å²) in [5.41, 5.74) is 1.75. The lowest BCUT2D eigenvalue weighted by atomic mass is 9.82. The summed E-state index contributed by atoms with van der Waals surface area (Å²) in [4.78, 5) is 25.4. The topological polar surface area (TPSA) is 63.0 Å². The van der Waals surface area contributed by atoms with Crippen LogP contribution in [0.2, 0.25) is 0 Å². The summed E-state index contributed by atoms with van der Waals surface area (Å²) in [6.07, 6.45) is 2.16. The molecule has 3 aromatic carbocycles. The predicted molar refractivity (Wildman–Crippen MR) is 151 cm³/mol. The third-order valence-corrected chi connectivity index (χ3v) is 7.94. The van der Waals surface area contributed by atoms with E-state index >= 15 is 0 Å². The van der Waals surface area contributed by atoms with Crippen LogP contribution in [0.4, 0.5) is 14.5 Å². The molecule has 0 radical (unpaired) electrons. The molecular weight excluding hydrogens is 496 g/mol. The van der Waals surface area contributed by atoms with Gasteiger partial charge < -0.3 is 10.3 Å². The minimum atomic E-state index is -1.37. The molecule has 5 rings (SSSR count). The van der Waals surface area contributed by atoms with Gasteiger partial charge in [-0.25, -0.2) is 13.8 Å². The highest BCUT2D eigenvalue weighted by atomic mass is 19.1. The molecule has 8 heteroatoms. The number of nitrogens with one attached hydrogen (secondary N) is 1. The van der Waals surface area contributed by atoms with Crippen LogP contribution in [0.25, 0.3) is 0 Å². The highest BCUT2D eigenvalue weighted by Gasteiger charge is 2.50. The number of para-hydroxylation sites is 1. The van der Waals surface area contributed by atoms with Gasteiger partial charge >= 0.3 is 0 Å². The maximum atomic E-state index is 14.0. The Morgan fingerprint density at radius 3 is 2.05 bits per heavy atom. The molecule has 1 amide bonds. The van der Waals surface area contributed by atoms with Crippen molar-refractivity contribution in [1.82, 2.24) is 9.80 Å². The molecule has 1 fully saturated rings. The second-order valence-electron chi connectivity index (χ2n) is 10.2. The number of piperazine rings is 1. The molecule has 2 aliphatic rings. The van der Waals surface area contributed by atoms with E-state index in [0.29, 0.717) is 23.5 Å². The molecule has 3 aromatic rings. The smallest absolute Gasteiger partial charge is 0.265 e. The number of carbonyl (C=O) groups is 1. The van der Waals surface area contributed by atoms with Gasteiger partial charge in [0, 0.05) is 56.2 Å². The standard InChI is InChI=1S/C31H33F2N5O/c1-22(36-17-19-37(20-18-36)29-6-4-3-5-24(29)21-34)15-16-38-23(2)35-31(30(38)39,25-7-11-27(32)12-8-25)26-9-13-28(33)14-10-26/h3-14,21-22,34H,15-20H2,1-2H3. The summed E-state index contributed by atoms with van der Waals surface area (Å²) in [5, 5.41) is 7.70. The van der Waals surface area contributed by atoms with Crippen LogP contribution in [-0.2, 0) is 10.3 Å². The van der Waals surface area contributed by atoms with Gasteiger partial charge in [0.1, 0.15) is 17.5 Å². The Kier molecular flexibility index (Phi) is 7.57. The first-order valence-corrected chi connectivity index (χ1v) is 13.3. The largest absolute Gasteiger partial charge is 0.368 e. The second kappa shape index (κ2) is 11.1. The zero-order chi connectivity index (χ0) is 27.6. The first-order valence-electron chi connectivity index (χ1n) is 13.3. The van der Waals surface area contributed by atoms with Gasteiger partial charge in [0.25, 0.3) is 5.91 Å². The first-order chi connectivity index (χ1) is 18.8. The Morgan fingerprint density at radius 1 is 0.923 bits per heavy atom. The zero-order valence-electron chi connectivity index (χ0n) is 22.3. The fourth-order valence-corrected chi connectivity index (χ4v) is 5.68. The average Bonchev–Trinajstić information content (AvgIpc) is 3.22. The number of anilines is 1. The molecule has 39 heavy (non-hydrogen) atoms.